The minimum atomic E-state index is 0.576. The molecule has 21 heavy (non-hydrogen) atoms. The smallest absolute Gasteiger partial charge is 0.144 e. The Morgan fingerprint density at radius 1 is 1.29 bits per heavy atom. The Bertz CT molecular complexity index is 771. The summed E-state index contributed by atoms with van der Waals surface area (Å²) in [6, 6.07) is 11.9. The van der Waals surface area contributed by atoms with Gasteiger partial charge in [0.2, 0.25) is 0 Å². The summed E-state index contributed by atoms with van der Waals surface area (Å²) in [5, 5.41) is 13.5. The molecule has 0 fully saturated rings. The first-order chi connectivity index (χ1) is 10.4. The van der Waals surface area contributed by atoms with Crippen LogP contribution in [0.15, 0.2) is 42.7 Å². The molecule has 0 bridgehead atoms. The molecule has 3 rings (SSSR count). The Labute approximate surface area is 122 Å². The summed E-state index contributed by atoms with van der Waals surface area (Å²) in [5.74, 6) is 1.62. The van der Waals surface area contributed by atoms with Crippen molar-refractivity contribution in [2.45, 2.75) is 12.8 Å². The standard InChI is InChI=1S/C16H15N5/c17-11-13-10-12-4-1-2-5-14(12)21-16(13)20-7-3-6-15-18-8-9-19-15/h1-2,4-5,8-10H,3,6-7H2,(H,18,19)(H,20,21). The SMILES string of the molecule is N#Cc1cc2ccccc2nc1NCCCc1ncc[nH]1. The van der Waals surface area contributed by atoms with Gasteiger partial charge < -0.3 is 10.3 Å². The first-order valence-corrected chi connectivity index (χ1v) is 6.89. The number of pyridine rings is 1. The molecule has 104 valence electrons. The largest absolute Gasteiger partial charge is 0.369 e. The molecule has 0 aliphatic carbocycles. The van der Waals surface area contributed by atoms with E-state index >= 15 is 0 Å². The number of nitrogens with zero attached hydrogens (tertiary/aromatic N) is 3. The van der Waals surface area contributed by atoms with Gasteiger partial charge in [0.15, 0.2) is 0 Å². The summed E-state index contributed by atoms with van der Waals surface area (Å²) in [6.45, 7) is 0.751. The van der Waals surface area contributed by atoms with E-state index in [1.54, 1.807) is 6.20 Å². The van der Waals surface area contributed by atoms with Crippen molar-refractivity contribution in [2.24, 2.45) is 0 Å². The highest BCUT2D eigenvalue weighted by Gasteiger charge is 2.06. The fraction of sp³-hybridized carbons (Fsp3) is 0.188. The van der Waals surface area contributed by atoms with Gasteiger partial charge in [-0.3, -0.25) is 0 Å². The minimum absolute atomic E-state index is 0.576. The van der Waals surface area contributed by atoms with Gasteiger partial charge in [-0.25, -0.2) is 9.97 Å². The molecule has 3 aromatic rings. The summed E-state index contributed by atoms with van der Waals surface area (Å²) >= 11 is 0. The Balaban J connectivity index is 1.69. The molecule has 0 radical (unpaired) electrons. The fourth-order valence-electron chi connectivity index (χ4n) is 2.23. The molecule has 0 spiro atoms. The molecule has 0 aliphatic heterocycles. The van der Waals surface area contributed by atoms with Crippen LogP contribution in [0.1, 0.15) is 17.8 Å². The van der Waals surface area contributed by atoms with Crippen LogP contribution in [0.25, 0.3) is 10.9 Å². The van der Waals surface area contributed by atoms with E-state index in [9.17, 15) is 5.26 Å². The highest BCUT2D eigenvalue weighted by Crippen LogP contribution is 2.19. The Hall–Kier alpha value is -2.87. The van der Waals surface area contributed by atoms with Crippen molar-refractivity contribution in [3.63, 3.8) is 0 Å². The number of hydrogen-bond acceptors (Lipinski definition) is 4. The molecule has 2 heterocycles. The topological polar surface area (TPSA) is 77.4 Å². The van der Waals surface area contributed by atoms with E-state index in [1.165, 1.54) is 0 Å². The van der Waals surface area contributed by atoms with E-state index in [1.807, 2.05) is 36.5 Å². The quantitative estimate of drug-likeness (QED) is 0.703. The first-order valence-electron chi connectivity index (χ1n) is 6.89. The van der Waals surface area contributed by atoms with Crippen LogP contribution in [0.3, 0.4) is 0 Å². The number of aryl methyl sites for hydroxylation is 1. The number of fused-ring (bicyclic) bond motifs is 1. The number of imidazole rings is 1. The van der Waals surface area contributed by atoms with E-state index < -0.39 is 0 Å². The van der Waals surface area contributed by atoms with Crippen molar-refractivity contribution < 1.29 is 0 Å². The monoisotopic (exact) mass is 277 g/mol. The molecule has 2 aromatic heterocycles. The number of aromatic amines is 1. The second kappa shape index (κ2) is 6.06. The van der Waals surface area contributed by atoms with Gasteiger partial charge >= 0.3 is 0 Å². The molecular weight excluding hydrogens is 262 g/mol. The van der Waals surface area contributed by atoms with Crippen LogP contribution in [0.4, 0.5) is 5.82 Å². The minimum Gasteiger partial charge on any atom is -0.369 e. The molecule has 5 nitrogen and oxygen atoms in total. The molecule has 0 aliphatic rings. The van der Waals surface area contributed by atoms with Crippen molar-refractivity contribution in [3.8, 4) is 6.07 Å². The number of aromatic nitrogens is 3. The lowest BCUT2D eigenvalue weighted by atomic mass is 10.1. The molecule has 0 saturated carbocycles. The van der Waals surface area contributed by atoms with Gasteiger partial charge in [-0.15, -0.1) is 0 Å². The predicted molar refractivity (Wildman–Crippen MR) is 81.9 cm³/mol. The molecule has 0 unspecified atom stereocenters. The van der Waals surface area contributed by atoms with E-state index in [0.717, 1.165) is 36.1 Å². The lowest BCUT2D eigenvalue weighted by Crippen LogP contribution is -2.07. The van der Waals surface area contributed by atoms with Crippen molar-refractivity contribution in [3.05, 3.63) is 54.1 Å². The van der Waals surface area contributed by atoms with Gasteiger partial charge in [0.1, 0.15) is 17.7 Å². The average Bonchev–Trinajstić information content (AvgIpc) is 3.04. The van der Waals surface area contributed by atoms with Crippen LogP contribution in [-0.2, 0) is 6.42 Å². The summed E-state index contributed by atoms with van der Waals surface area (Å²) < 4.78 is 0. The van der Waals surface area contributed by atoms with E-state index in [4.69, 9.17) is 0 Å². The number of anilines is 1. The molecule has 2 N–H and O–H groups in total. The number of rotatable bonds is 5. The highest BCUT2D eigenvalue weighted by molar-refractivity contribution is 5.82. The van der Waals surface area contributed by atoms with Crippen LogP contribution >= 0.6 is 0 Å². The highest BCUT2D eigenvalue weighted by atomic mass is 15.0. The second-order valence-electron chi connectivity index (χ2n) is 4.76. The first kappa shape index (κ1) is 13.1. The van der Waals surface area contributed by atoms with Crippen LogP contribution in [0, 0.1) is 11.3 Å². The van der Waals surface area contributed by atoms with Crippen LogP contribution < -0.4 is 5.32 Å². The summed E-state index contributed by atoms with van der Waals surface area (Å²) in [6.07, 6.45) is 5.37. The fourth-order valence-corrected chi connectivity index (χ4v) is 2.23. The van der Waals surface area contributed by atoms with E-state index in [2.05, 4.69) is 26.3 Å². The maximum atomic E-state index is 9.24. The lowest BCUT2D eigenvalue weighted by molar-refractivity contribution is 0.814. The number of H-pyrrole nitrogens is 1. The molecule has 0 amide bonds. The Kier molecular flexibility index (Phi) is 3.79. The Morgan fingerprint density at radius 3 is 3.00 bits per heavy atom. The van der Waals surface area contributed by atoms with E-state index in [0.29, 0.717) is 11.4 Å². The number of hydrogen-bond donors (Lipinski definition) is 2. The van der Waals surface area contributed by atoms with Gasteiger partial charge in [-0.2, -0.15) is 5.26 Å². The molecule has 0 saturated heterocycles. The number of para-hydroxylation sites is 1. The number of benzene rings is 1. The normalized spacial score (nSPS) is 10.4. The zero-order chi connectivity index (χ0) is 14.5. The van der Waals surface area contributed by atoms with Crippen LogP contribution in [0.2, 0.25) is 0 Å². The zero-order valence-electron chi connectivity index (χ0n) is 11.5. The van der Waals surface area contributed by atoms with Gasteiger partial charge in [0.05, 0.1) is 11.1 Å². The third-order valence-corrected chi connectivity index (χ3v) is 3.28. The summed E-state index contributed by atoms with van der Waals surface area (Å²) in [5.41, 5.74) is 1.47. The van der Waals surface area contributed by atoms with Crippen LogP contribution in [-0.4, -0.2) is 21.5 Å². The number of nitrogens with one attached hydrogen (secondary N) is 2. The van der Waals surface area contributed by atoms with Gasteiger partial charge in [0, 0.05) is 30.7 Å². The predicted octanol–water partition coefficient (Wildman–Crippen LogP) is 2.87. The maximum absolute atomic E-state index is 9.24. The van der Waals surface area contributed by atoms with Crippen LogP contribution in [0.5, 0.6) is 0 Å². The second-order valence-corrected chi connectivity index (χ2v) is 4.76. The van der Waals surface area contributed by atoms with Crippen molar-refractivity contribution in [2.75, 3.05) is 11.9 Å². The lowest BCUT2D eigenvalue weighted by Gasteiger charge is -2.08. The molecular formula is C16H15N5. The Morgan fingerprint density at radius 2 is 2.19 bits per heavy atom. The summed E-state index contributed by atoms with van der Waals surface area (Å²) in [7, 11) is 0. The summed E-state index contributed by atoms with van der Waals surface area (Å²) in [4.78, 5) is 11.8. The van der Waals surface area contributed by atoms with Gasteiger partial charge in [-0.1, -0.05) is 18.2 Å². The number of nitriles is 1. The molecule has 5 heteroatoms. The molecule has 1 aromatic carbocycles. The third-order valence-electron chi connectivity index (χ3n) is 3.28. The maximum Gasteiger partial charge on any atom is 0.144 e. The van der Waals surface area contributed by atoms with Gasteiger partial charge in [-0.05, 0) is 18.6 Å². The molecule has 0 atom stereocenters. The van der Waals surface area contributed by atoms with Crippen molar-refractivity contribution >= 4 is 16.7 Å². The third kappa shape index (κ3) is 3.00. The van der Waals surface area contributed by atoms with E-state index in [-0.39, 0.29) is 0 Å². The van der Waals surface area contributed by atoms with Gasteiger partial charge in [0.25, 0.3) is 0 Å². The van der Waals surface area contributed by atoms with Crippen molar-refractivity contribution in [1.82, 2.24) is 15.0 Å². The zero-order valence-corrected chi connectivity index (χ0v) is 11.5. The van der Waals surface area contributed by atoms with Crippen molar-refractivity contribution in [1.29, 1.82) is 5.26 Å². The average molecular weight is 277 g/mol.